The van der Waals surface area contributed by atoms with Gasteiger partial charge in [-0.2, -0.15) is 11.8 Å². The third kappa shape index (κ3) is 5.05. The average Bonchev–Trinajstić information content (AvgIpc) is 2.38. The zero-order valence-electron chi connectivity index (χ0n) is 12.2. The minimum absolute atomic E-state index is 0.0294. The topological polar surface area (TPSA) is 55.4 Å². The lowest BCUT2D eigenvalue weighted by atomic mass is 9.94. The Morgan fingerprint density at radius 1 is 1.37 bits per heavy atom. The number of thioether (sulfide) groups is 1. The van der Waals surface area contributed by atoms with Gasteiger partial charge < -0.3 is 10.1 Å². The quantitative estimate of drug-likeness (QED) is 0.762. The highest BCUT2D eigenvalue weighted by Gasteiger charge is 2.35. The van der Waals surface area contributed by atoms with Crippen molar-refractivity contribution in [3.8, 4) is 0 Å². The summed E-state index contributed by atoms with van der Waals surface area (Å²) in [5.74, 6) is 2.35. The van der Waals surface area contributed by atoms with E-state index in [-0.39, 0.29) is 11.9 Å². The van der Waals surface area contributed by atoms with Crippen LogP contribution in [0.3, 0.4) is 0 Å². The molecular formula is C14H25NO3S. The van der Waals surface area contributed by atoms with Crippen LogP contribution in [0.15, 0.2) is 0 Å². The number of rotatable bonds is 6. The Morgan fingerprint density at radius 3 is 2.53 bits per heavy atom. The third-order valence-corrected chi connectivity index (χ3v) is 4.66. The van der Waals surface area contributed by atoms with E-state index in [1.54, 1.807) is 6.92 Å². The van der Waals surface area contributed by atoms with E-state index in [0.717, 1.165) is 30.8 Å². The fraction of sp³-hybridized carbons (Fsp3) is 0.857. The number of esters is 1. The molecule has 1 N–H and O–H groups in total. The molecular weight excluding hydrogens is 262 g/mol. The van der Waals surface area contributed by atoms with Gasteiger partial charge in [-0.3, -0.25) is 4.79 Å². The molecule has 1 rings (SSSR count). The van der Waals surface area contributed by atoms with Crippen molar-refractivity contribution in [1.29, 1.82) is 0 Å². The predicted molar refractivity (Wildman–Crippen MR) is 78.1 cm³/mol. The van der Waals surface area contributed by atoms with Crippen LogP contribution in [0.2, 0.25) is 0 Å². The van der Waals surface area contributed by atoms with Gasteiger partial charge in [0.15, 0.2) is 0 Å². The van der Waals surface area contributed by atoms with Crippen LogP contribution in [-0.2, 0) is 14.3 Å². The first kappa shape index (κ1) is 16.3. The molecule has 1 heterocycles. The summed E-state index contributed by atoms with van der Waals surface area (Å²) in [6, 6.07) is 0. The van der Waals surface area contributed by atoms with Gasteiger partial charge in [0.05, 0.1) is 7.11 Å². The predicted octanol–water partition coefficient (Wildman–Crippen LogP) is 2.37. The second kappa shape index (κ2) is 7.78. The van der Waals surface area contributed by atoms with Gasteiger partial charge >= 0.3 is 5.97 Å². The van der Waals surface area contributed by atoms with Crippen LogP contribution >= 0.6 is 11.8 Å². The van der Waals surface area contributed by atoms with Crippen molar-refractivity contribution in [3.05, 3.63) is 0 Å². The van der Waals surface area contributed by atoms with Crippen molar-refractivity contribution in [2.24, 2.45) is 5.92 Å². The summed E-state index contributed by atoms with van der Waals surface area (Å²) >= 11 is 1.95. The van der Waals surface area contributed by atoms with E-state index in [4.69, 9.17) is 4.74 Å². The molecule has 0 aromatic rings. The van der Waals surface area contributed by atoms with Crippen molar-refractivity contribution in [2.45, 2.75) is 51.5 Å². The lowest BCUT2D eigenvalue weighted by Crippen LogP contribution is -2.53. The highest BCUT2D eigenvalue weighted by Crippen LogP contribution is 2.25. The summed E-state index contributed by atoms with van der Waals surface area (Å²) in [5.41, 5.74) is -0.885. The second-order valence-electron chi connectivity index (χ2n) is 5.38. The zero-order valence-corrected chi connectivity index (χ0v) is 13.0. The van der Waals surface area contributed by atoms with E-state index >= 15 is 0 Å². The monoisotopic (exact) mass is 287 g/mol. The van der Waals surface area contributed by atoms with E-state index in [9.17, 15) is 9.59 Å². The average molecular weight is 287 g/mol. The van der Waals surface area contributed by atoms with Gasteiger partial charge in [-0.25, -0.2) is 4.79 Å². The lowest BCUT2D eigenvalue weighted by Gasteiger charge is -2.29. The Bertz CT molecular complexity index is 316. The van der Waals surface area contributed by atoms with Gasteiger partial charge in [-0.1, -0.05) is 13.3 Å². The van der Waals surface area contributed by atoms with Gasteiger partial charge in [0, 0.05) is 6.42 Å². The number of carbonyl (C=O) groups excluding carboxylic acids is 2. The summed E-state index contributed by atoms with van der Waals surface area (Å²) in [4.78, 5) is 23.9. The van der Waals surface area contributed by atoms with E-state index in [1.165, 1.54) is 7.11 Å². The highest BCUT2D eigenvalue weighted by atomic mass is 32.2. The second-order valence-corrected chi connectivity index (χ2v) is 6.61. The molecule has 110 valence electrons. The summed E-state index contributed by atoms with van der Waals surface area (Å²) in [7, 11) is 1.36. The van der Waals surface area contributed by atoms with E-state index in [2.05, 4.69) is 5.32 Å². The number of methoxy groups -OCH3 is 1. The van der Waals surface area contributed by atoms with Gasteiger partial charge in [0.2, 0.25) is 5.91 Å². The van der Waals surface area contributed by atoms with Gasteiger partial charge in [0.25, 0.3) is 0 Å². The van der Waals surface area contributed by atoms with Crippen molar-refractivity contribution in [1.82, 2.24) is 5.32 Å². The van der Waals surface area contributed by atoms with Crippen LogP contribution in [0.1, 0.15) is 46.0 Å². The molecule has 1 saturated heterocycles. The number of ether oxygens (including phenoxy) is 1. The summed E-state index contributed by atoms with van der Waals surface area (Å²) in [6.07, 6.45) is 4.15. The Balaban J connectivity index is 2.53. The van der Waals surface area contributed by atoms with Crippen LogP contribution in [0.25, 0.3) is 0 Å². The number of hydrogen-bond acceptors (Lipinski definition) is 4. The smallest absolute Gasteiger partial charge is 0.331 e. The third-order valence-electron chi connectivity index (χ3n) is 3.62. The number of hydrogen-bond donors (Lipinski definition) is 1. The number of nitrogens with one attached hydrogen (secondary N) is 1. The van der Waals surface area contributed by atoms with Gasteiger partial charge in [-0.05, 0) is 43.6 Å². The maximum atomic E-state index is 12.1. The van der Waals surface area contributed by atoms with Crippen LogP contribution in [-0.4, -0.2) is 36.0 Å². The zero-order chi connectivity index (χ0) is 14.3. The molecule has 0 saturated carbocycles. The Kier molecular flexibility index (Phi) is 6.69. The van der Waals surface area contributed by atoms with Crippen molar-refractivity contribution in [2.75, 3.05) is 18.6 Å². The molecule has 19 heavy (non-hydrogen) atoms. The van der Waals surface area contributed by atoms with E-state index < -0.39 is 5.54 Å². The van der Waals surface area contributed by atoms with Crippen molar-refractivity contribution in [3.63, 3.8) is 0 Å². The Morgan fingerprint density at radius 2 is 2.00 bits per heavy atom. The SMILES string of the molecule is CCCC(C)(NC(=O)CC1CCSCC1)C(=O)OC. The standard InChI is InChI=1S/C14H25NO3S/c1-4-7-14(2,13(17)18-3)15-12(16)10-11-5-8-19-9-6-11/h11H,4-10H2,1-3H3,(H,15,16). The molecule has 5 heteroatoms. The molecule has 1 amide bonds. The molecule has 0 spiro atoms. The number of amides is 1. The van der Waals surface area contributed by atoms with Crippen LogP contribution in [0.4, 0.5) is 0 Å². The first-order chi connectivity index (χ1) is 9.01. The van der Waals surface area contributed by atoms with Crippen molar-refractivity contribution >= 4 is 23.6 Å². The fourth-order valence-electron chi connectivity index (χ4n) is 2.51. The molecule has 0 radical (unpaired) electrons. The van der Waals surface area contributed by atoms with E-state index in [0.29, 0.717) is 18.8 Å². The minimum Gasteiger partial charge on any atom is -0.467 e. The Labute approximate surface area is 120 Å². The maximum absolute atomic E-state index is 12.1. The molecule has 1 atom stereocenters. The summed E-state index contributed by atoms with van der Waals surface area (Å²) in [6.45, 7) is 3.74. The summed E-state index contributed by atoms with van der Waals surface area (Å²) < 4.78 is 4.80. The Hall–Kier alpha value is -0.710. The maximum Gasteiger partial charge on any atom is 0.331 e. The first-order valence-corrected chi connectivity index (χ1v) is 8.14. The molecule has 1 aliphatic heterocycles. The van der Waals surface area contributed by atoms with Crippen molar-refractivity contribution < 1.29 is 14.3 Å². The molecule has 0 aliphatic carbocycles. The largest absolute Gasteiger partial charge is 0.467 e. The first-order valence-electron chi connectivity index (χ1n) is 6.99. The normalized spacial score (nSPS) is 19.5. The van der Waals surface area contributed by atoms with Gasteiger partial charge in [0.1, 0.15) is 5.54 Å². The molecule has 0 aromatic heterocycles. The fourth-order valence-corrected chi connectivity index (χ4v) is 3.72. The molecule has 0 aromatic carbocycles. The van der Waals surface area contributed by atoms with Crippen LogP contribution < -0.4 is 5.32 Å². The molecule has 1 fully saturated rings. The number of carbonyl (C=O) groups is 2. The highest BCUT2D eigenvalue weighted by molar-refractivity contribution is 7.99. The molecule has 1 aliphatic rings. The van der Waals surface area contributed by atoms with E-state index in [1.807, 2.05) is 18.7 Å². The van der Waals surface area contributed by atoms with Crippen LogP contribution in [0, 0.1) is 5.92 Å². The lowest BCUT2D eigenvalue weighted by molar-refractivity contribution is -0.150. The molecule has 0 bridgehead atoms. The minimum atomic E-state index is -0.885. The molecule has 4 nitrogen and oxygen atoms in total. The molecule has 1 unspecified atom stereocenters. The van der Waals surface area contributed by atoms with Gasteiger partial charge in [-0.15, -0.1) is 0 Å². The van der Waals surface area contributed by atoms with Crippen LogP contribution in [0.5, 0.6) is 0 Å². The summed E-state index contributed by atoms with van der Waals surface area (Å²) in [5, 5.41) is 2.87.